The van der Waals surface area contributed by atoms with Gasteiger partial charge in [0.05, 0.1) is 11.4 Å². The Balaban J connectivity index is 1.62. The van der Waals surface area contributed by atoms with Gasteiger partial charge in [-0.05, 0) is 62.1 Å². The monoisotopic (exact) mass is 490 g/mol. The maximum Gasteiger partial charge on any atom is 0.243 e. The average molecular weight is 491 g/mol. The van der Waals surface area contributed by atoms with Crippen LogP contribution in [0, 0.1) is 6.92 Å². The lowest BCUT2D eigenvalue weighted by atomic mass is 9.95. The number of amides is 1. The van der Waals surface area contributed by atoms with E-state index in [0.29, 0.717) is 6.54 Å². The molecule has 5 nitrogen and oxygen atoms in total. The molecule has 0 unspecified atom stereocenters. The van der Waals surface area contributed by atoms with Gasteiger partial charge in [-0.25, -0.2) is 8.42 Å². The van der Waals surface area contributed by atoms with Gasteiger partial charge in [0.15, 0.2) is 0 Å². The highest BCUT2D eigenvalue weighted by Crippen LogP contribution is 2.32. The minimum Gasteiger partial charge on any atom is -0.311 e. The standard InChI is InChI=1S/C23H27BrN2O3S/c1-17-7-10-21(11-8-17)30(28,29)26(20-5-3-2-4-6-20)16-23(27)25-14-13-18-15-19(24)9-12-22(18)25/h7-12,15,20H,2-6,13-14,16H2,1H3. The van der Waals surface area contributed by atoms with Gasteiger partial charge >= 0.3 is 0 Å². The summed E-state index contributed by atoms with van der Waals surface area (Å²) in [4.78, 5) is 15.3. The van der Waals surface area contributed by atoms with Gasteiger partial charge in [0, 0.05) is 22.7 Å². The van der Waals surface area contributed by atoms with Gasteiger partial charge in [-0.2, -0.15) is 4.31 Å². The SMILES string of the molecule is Cc1ccc(S(=O)(=O)N(CC(=O)N2CCc3cc(Br)ccc32)C2CCCCC2)cc1. The summed E-state index contributed by atoms with van der Waals surface area (Å²) in [7, 11) is -3.75. The van der Waals surface area contributed by atoms with Gasteiger partial charge < -0.3 is 4.90 Å². The summed E-state index contributed by atoms with van der Waals surface area (Å²) in [5.41, 5.74) is 3.01. The molecule has 1 saturated carbocycles. The zero-order chi connectivity index (χ0) is 21.3. The Morgan fingerprint density at radius 1 is 1.10 bits per heavy atom. The molecular formula is C23H27BrN2O3S. The van der Waals surface area contributed by atoms with Crippen molar-refractivity contribution in [2.45, 2.75) is 56.4 Å². The fraction of sp³-hybridized carbons (Fsp3) is 0.435. The molecule has 1 aliphatic carbocycles. The molecule has 2 aromatic carbocycles. The summed E-state index contributed by atoms with van der Waals surface area (Å²) in [6, 6.07) is 12.7. The molecule has 160 valence electrons. The van der Waals surface area contributed by atoms with Gasteiger partial charge in [0.1, 0.15) is 0 Å². The van der Waals surface area contributed by atoms with Crippen molar-refractivity contribution in [2.24, 2.45) is 0 Å². The first kappa shape index (κ1) is 21.5. The van der Waals surface area contributed by atoms with Crippen molar-refractivity contribution in [1.82, 2.24) is 4.31 Å². The molecule has 0 saturated heterocycles. The molecule has 0 N–H and O–H groups in total. The molecule has 4 rings (SSSR count). The van der Waals surface area contributed by atoms with E-state index in [0.717, 1.165) is 59.8 Å². The quantitative estimate of drug-likeness (QED) is 0.611. The van der Waals surface area contributed by atoms with Gasteiger partial charge in [-0.15, -0.1) is 0 Å². The number of rotatable bonds is 5. The maximum absolute atomic E-state index is 13.5. The summed E-state index contributed by atoms with van der Waals surface area (Å²) in [6.07, 6.45) is 5.52. The van der Waals surface area contributed by atoms with Crippen molar-refractivity contribution in [1.29, 1.82) is 0 Å². The largest absolute Gasteiger partial charge is 0.311 e. The molecule has 1 amide bonds. The Morgan fingerprint density at radius 2 is 1.80 bits per heavy atom. The van der Waals surface area contributed by atoms with Crippen LogP contribution in [0.2, 0.25) is 0 Å². The number of anilines is 1. The van der Waals surface area contributed by atoms with Gasteiger partial charge in [-0.3, -0.25) is 4.79 Å². The first-order valence-corrected chi connectivity index (χ1v) is 12.8. The third kappa shape index (κ3) is 4.34. The molecule has 0 radical (unpaired) electrons. The summed E-state index contributed by atoms with van der Waals surface area (Å²) >= 11 is 3.48. The number of fused-ring (bicyclic) bond motifs is 1. The fourth-order valence-corrected chi connectivity index (χ4v) is 6.52. The molecule has 1 aliphatic heterocycles. The van der Waals surface area contributed by atoms with E-state index in [-0.39, 0.29) is 23.4 Å². The van der Waals surface area contributed by atoms with Crippen molar-refractivity contribution in [3.05, 3.63) is 58.1 Å². The van der Waals surface area contributed by atoms with Crippen molar-refractivity contribution < 1.29 is 13.2 Å². The number of carbonyl (C=O) groups is 1. The number of hydrogen-bond donors (Lipinski definition) is 0. The van der Waals surface area contributed by atoms with Gasteiger partial charge in [0.25, 0.3) is 0 Å². The lowest BCUT2D eigenvalue weighted by Crippen LogP contribution is -2.48. The van der Waals surface area contributed by atoms with E-state index in [2.05, 4.69) is 15.9 Å². The predicted molar refractivity (Wildman–Crippen MR) is 122 cm³/mol. The molecular weight excluding hydrogens is 464 g/mol. The molecule has 0 bridgehead atoms. The molecule has 2 aromatic rings. The van der Waals surface area contributed by atoms with Crippen LogP contribution in [-0.4, -0.2) is 37.8 Å². The Bertz CT molecular complexity index is 1030. The van der Waals surface area contributed by atoms with Crippen LogP contribution in [0.4, 0.5) is 5.69 Å². The van der Waals surface area contributed by atoms with E-state index in [9.17, 15) is 13.2 Å². The molecule has 7 heteroatoms. The van der Waals surface area contributed by atoms with Crippen molar-refractivity contribution >= 4 is 37.5 Å². The van der Waals surface area contributed by atoms with Crippen molar-refractivity contribution in [3.8, 4) is 0 Å². The van der Waals surface area contributed by atoms with Crippen LogP contribution in [0.15, 0.2) is 51.8 Å². The molecule has 0 aromatic heterocycles. The van der Waals surface area contributed by atoms with E-state index in [4.69, 9.17) is 0 Å². The Hall–Kier alpha value is -1.70. The van der Waals surface area contributed by atoms with Crippen LogP contribution in [0.5, 0.6) is 0 Å². The first-order valence-electron chi connectivity index (χ1n) is 10.5. The summed E-state index contributed by atoms with van der Waals surface area (Å²) < 4.78 is 29.5. The van der Waals surface area contributed by atoms with Crippen LogP contribution < -0.4 is 4.90 Å². The highest BCUT2D eigenvalue weighted by atomic mass is 79.9. The fourth-order valence-electron chi connectivity index (χ4n) is 4.47. The second-order valence-electron chi connectivity index (χ2n) is 8.22. The molecule has 2 aliphatic rings. The van der Waals surface area contributed by atoms with Crippen LogP contribution in [-0.2, 0) is 21.2 Å². The predicted octanol–water partition coefficient (Wildman–Crippen LogP) is 4.67. The van der Waals surface area contributed by atoms with E-state index in [1.807, 2.05) is 37.3 Å². The minimum absolute atomic E-state index is 0.115. The summed E-state index contributed by atoms with van der Waals surface area (Å²) in [5, 5.41) is 0. The molecule has 0 spiro atoms. The highest BCUT2D eigenvalue weighted by molar-refractivity contribution is 9.10. The Morgan fingerprint density at radius 3 is 2.50 bits per heavy atom. The number of carbonyl (C=O) groups excluding carboxylic acids is 1. The lowest BCUT2D eigenvalue weighted by molar-refractivity contribution is -0.119. The van der Waals surface area contributed by atoms with Crippen LogP contribution in [0.25, 0.3) is 0 Å². The van der Waals surface area contributed by atoms with Gasteiger partial charge in [0.2, 0.25) is 15.9 Å². The van der Waals surface area contributed by atoms with E-state index in [1.165, 1.54) is 4.31 Å². The lowest BCUT2D eigenvalue weighted by Gasteiger charge is -2.34. The summed E-state index contributed by atoms with van der Waals surface area (Å²) in [5.74, 6) is -0.155. The number of benzene rings is 2. The number of halogens is 1. The first-order chi connectivity index (χ1) is 14.4. The minimum atomic E-state index is -3.75. The van der Waals surface area contributed by atoms with Crippen LogP contribution >= 0.6 is 15.9 Å². The summed E-state index contributed by atoms with van der Waals surface area (Å²) in [6.45, 7) is 2.41. The van der Waals surface area contributed by atoms with Crippen molar-refractivity contribution in [3.63, 3.8) is 0 Å². The van der Waals surface area contributed by atoms with Gasteiger partial charge in [-0.1, -0.05) is 52.9 Å². The third-order valence-electron chi connectivity index (χ3n) is 6.14. The second-order valence-corrected chi connectivity index (χ2v) is 11.0. The molecule has 0 atom stereocenters. The zero-order valence-electron chi connectivity index (χ0n) is 17.2. The van der Waals surface area contributed by atoms with Crippen LogP contribution in [0.1, 0.15) is 43.2 Å². The zero-order valence-corrected chi connectivity index (χ0v) is 19.6. The number of aryl methyl sites for hydroxylation is 1. The highest BCUT2D eigenvalue weighted by Gasteiger charge is 2.36. The normalized spacial score (nSPS) is 17.4. The van der Waals surface area contributed by atoms with E-state index >= 15 is 0 Å². The number of nitrogens with zero attached hydrogens (tertiary/aromatic N) is 2. The molecule has 1 heterocycles. The number of sulfonamides is 1. The smallest absolute Gasteiger partial charge is 0.243 e. The molecule has 1 fully saturated rings. The average Bonchev–Trinajstić information content (AvgIpc) is 3.15. The topological polar surface area (TPSA) is 57.7 Å². The number of hydrogen-bond acceptors (Lipinski definition) is 3. The third-order valence-corrected chi connectivity index (χ3v) is 8.54. The van der Waals surface area contributed by atoms with Crippen LogP contribution in [0.3, 0.4) is 0 Å². The Kier molecular flexibility index (Phi) is 6.32. The van der Waals surface area contributed by atoms with E-state index in [1.54, 1.807) is 17.0 Å². The van der Waals surface area contributed by atoms with E-state index < -0.39 is 10.0 Å². The second kappa shape index (κ2) is 8.81. The maximum atomic E-state index is 13.5. The van der Waals surface area contributed by atoms with Crippen molar-refractivity contribution in [2.75, 3.05) is 18.0 Å². The Labute approximate surface area is 187 Å². The molecule has 30 heavy (non-hydrogen) atoms.